The van der Waals surface area contributed by atoms with Crippen LogP contribution < -0.4 is 42.6 Å². The van der Waals surface area contributed by atoms with Gasteiger partial charge < -0.3 is 41.3 Å². The molecular weight excluding hydrogens is 797 g/mol. The quantitative estimate of drug-likeness (QED) is 0.0484. The van der Waals surface area contributed by atoms with E-state index in [-0.39, 0.29) is 42.5 Å². The van der Waals surface area contributed by atoms with E-state index >= 15 is 0 Å². The summed E-state index contributed by atoms with van der Waals surface area (Å²) in [6.07, 6.45) is 8.55. The van der Waals surface area contributed by atoms with Crippen LogP contribution in [0.25, 0.3) is 21.9 Å². The maximum atomic E-state index is 13.5. The highest BCUT2D eigenvalue weighted by Gasteiger charge is 2.22. The highest BCUT2D eigenvalue weighted by Crippen LogP contribution is 2.33. The van der Waals surface area contributed by atoms with Crippen molar-refractivity contribution in [1.29, 1.82) is 0 Å². The Bertz CT molecular complexity index is 2720. The van der Waals surface area contributed by atoms with Gasteiger partial charge in [-0.2, -0.15) is 10.2 Å². The molecule has 0 radical (unpaired) electrons. The minimum absolute atomic E-state index is 0.134. The molecule has 6 aromatic rings. The molecule has 4 amide bonds. The molecule has 6 rings (SSSR count). The van der Waals surface area contributed by atoms with E-state index in [0.717, 1.165) is 10.9 Å². The van der Waals surface area contributed by atoms with Crippen LogP contribution in [0.4, 0.5) is 27.8 Å². The van der Waals surface area contributed by atoms with Gasteiger partial charge in [-0.15, -0.1) is 0 Å². The van der Waals surface area contributed by atoms with Gasteiger partial charge in [-0.1, -0.05) is 18.2 Å². The van der Waals surface area contributed by atoms with Gasteiger partial charge in [0.15, 0.2) is 0 Å². The van der Waals surface area contributed by atoms with Gasteiger partial charge in [-0.05, 0) is 89.2 Å². The third-order valence-corrected chi connectivity index (χ3v) is 9.31. The zero-order chi connectivity index (χ0) is 44.7. The summed E-state index contributed by atoms with van der Waals surface area (Å²) in [5, 5.41) is 18.6. The lowest BCUT2D eigenvalue weighted by atomic mass is 10.1. The van der Waals surface area contributed by atoms with Gasteiger partial charge in [0.2, 0.25) is 17.8 Å². The maximum Gasteiger partial charge on any atom is 0.412 e. The standard InChI is InChI=1S/C43H50N12O7/c1-7-54-33(18-25(2)52-54)40(58)51-41-50-31-21-27(39(46)57)23-35(60-6)37(31)53(41)15-9-8-14-47-36-30(44)20-26(38(45)56)22-34(36)61-17-11-10-16-55-32-13-12-29(19-28(32)24-48-55)49-42(59)62-43(3,4)5/h8-13,18-24,47H,7,14-17,44H2,1-6H3,(H2,45,56)(H2,46,57)(H,49,59)(H,50,51,58)/b9-8+,11-10+. The van der Waals surface area contributed by atoms with Crippen LogP contribution in [0.2, 0.25) is 0 Å². The van der Waals surface area contributed by atoms with Crippen molar-refractivity contribution in [2.45, 2.75) is 59.9 Å². The number of fused-ring (bicyclic) bond motifs is 2. The minimum atomic E-state index is -0.665. The number of primary amides is 2. The average molecular weight is 847 g/mol. The molecule has 19 heteroatoms. The van der Waals surface area contributed by atoms with Gasteiger partial charge in [0, 0.05) is 41.8 Å². The fraction of sp³-hybridized carbons (Fsp3) is 0.279. The largest absolute Gasteiger partial charge is 0.494 e. The van der Waals surface area contributed by atoms with E-state index in [1.807, 2.05) is 43.4 Å². The van der Waals surface area contributed by atoms with Gasteiger partial charge >= 0.3 is 6.09 Å². The average Bonchev–Trinajstić information content (AvgIpc) is 3.90. The molecule has 0 aliphatic heterocycles. The number of imidazole rings is 1. The highest BCUT2D eigenvalue weighted by molar-refractivity contribution is 6.04. The predicted octanol–water partition coefficient (Wildman–Crippen LogP) is 5.60. The van der Waals surface area contributed by atoms with Crippen LogP contribution in [-0.2, 0) is 24.4 Å². The molecule has 9 N–H and O–H groups in total. The number of carbonyl (C=O) groups excluding carboxylic acids is 4. The molecule has 0 saturated heterocycles. The number of aromatic nitrogens is 6. The number of carbonyl (C=O) groups is 4. The van der Waals surface area contributed by atoms with Crippen LogP contribution in [0, 0.1) is 6.92 Å². The molecule has 3 aromatic carbocycles. The number of nitrogens with two attached hydrogens (primary N) is 3. The fourth-order valence-corrected chi connectivity index (χ4v) is 6.55. The van der Waals surface area contributed by atoms with Crippen molar-refractivity contribution in [3.05, 3.63) is 102 Å². The molecule has 324 valence electrons. The van der Waals surface area contributed by atoms with Gasteiger partial charge in [0.25, 0.3) is 5.91 Å². The van der Waals surface area contributed by atoms with E-state index in [1.165, 1.54) is 31.4 Å². The number of hydrogen-bond acceptors (Lipinski definition) is 12. The van der Waals surface area contributed by atoms with Crippen molar-refractivity contribution < 1.29 is 33.4 Å². The molecular formula is C43H50N12O7. The van der Waals surface area contributed by atoms with Crippen LogP contribution in [0.15, 0.2) is 79.0 Å². The summed E-state index contributed by atoms with van der Waals surface area (Å²) < 4.78 is 22.2. The Balaban J connectivity index is 1.14. The molecule has 0 fully saturated rings. The van der Waals surface area contributed by atoms with Gasteiger partial charge in [-0.25, -0.2) is 9.78 Å². The van der Waals surface area contributed by atoms with Crippen LogP contribution in [0.5, 0.6) is 11.5 Å². The van der Waals surface area contributed by atoms with Crippen molar-refractivity contribution in [3.8, 4) is 11.5 Å². The van der Waals surface area contributed by atoms with Crippen LogP contribution in [0.1, 0.15) is 64.6 Å². The SMILES string of the molecule is CCn1nc(C)cc1C(=O)Nc1nc2cc(C(N)=O)cc(OC)c2n1C/C=C/CNc1c(N)cc(C(N)=O)cc1OC/C=C/Cn1ncc2cc(NC(=O)OC(C)(C)C)ccc21. The van der Waals surface area contributed by atoms with Crippen molar-refractivity contribution in [2.24, 2.45) is 11.5 Å². The summed E-state index contributed by atoms with van der Waals surface area (Å²) in [5.74, 6) is -0.877. The van der Waals surface area contributed by atoms with E-state index in [1.54, 1.807) is 60.0 Å². The summed E-state index contributed by atoms with van der Waals surface area (Å²) in [5.41, 5.74) is 21.4. The lowest BCUT2D eigenvalue weighted by Crippen LogP contribution is -2.27. The molecule has 0 unspecified atom stereocenters. The normalized spacial score (nSPS) is 11.7. The first-order valence-electron chi connectivity index (χ1n) is 19.6. The maximum absolute atomic E-state index is 13.5. The third-order valence-electron chi connectivity index (χ3n) is 9.31. The number of rotatable bonds is 17. The molecule has 0 aliphatic carbocycles. The van der Waals surface area contributed by atoms with E-state index in [9.17, 15) is 19.2 Å². The number of hydrogen-bond donors (Lipinski definition) is 6. The summed E-state index contributed by atoms with van der Waals surface area (Å²) in [6.45, 7) is 10.6. The molecule has 0 bridgehead atoms. The smallest absolute Gasteiger partial charge is 0.412 e. The second kappa shape index (κ2) is 18.6. The first-order valence-corrected chi connectivity index (χ1v) is 19.6. The fourth-order valence-electron chi connectivity index (χ4n) is 6.55. The van der Waals surface area contributed by atoms with Crippen molar-refractivity contribution in [3.63, 3.8) is 0 Å². The minimum Gasteiger partial charge on any atom is -0.494 e. The third kappa shape index (κ3) is 10.3. The molecule has 19 nitrogen and oxygen atoms in total. The van der Waals surface area contributed by atoms with Gasteiger partial charge in [0.05, 0.1) is 42.3 Å². The monoisotopic (exact) mass is 846 g/mol. The van der Waals surface area contributed by atoms with Crippen molar-refractivity contribution >= 4 is 68.8 Å². The number of nitrogens with zero attached hydrogens (tertiary/aromatic N) is 6. The summed E-state index contributed by atoms with van der Waals surface area (Å²) in [6, 6.07) is 13.2. The van der Waals surface area contributed by atoms with Crippen LogP contribution in [0.3, 0.4) is 0 Å². The predicted molar refractivity (Wildman–Crippen MR) is 237 cm³/mol. The zero-order valence-electron chi connectivity index (χ0n) is 35.3. The number of nitrogen functional groups attached to an aromatic ring is 1. The molecule has 0 aliphatic rings. The molecule has 0 atom stereocenters. The number of nitrogens with one attached hydrogen (secondary N) is 3. The van der Waals surface area contributed by atoms with Gasteiger partial charge in [0.1, 0.15) is 40.6 Å². The Morgan fingerprint density at radius 2 is 1.60 bits per heavy atom. The number of amides is 4. The second-order valence-electron chi connectivity index (χ2n) is 15.1. The molecule has 0 saturated carbocycles. The Morgan fingerprint density at radius 3 is 2.31 bits per heavy atom. The summed E-state index contributed by atoms with van der Waals surface area (Å²) >= 11 is 0. The van der Waals surface area contributed by atoms with E-state index in [2.05, 4.69) is 31.1 Å². The molecule has 3 aromatic heterocycles. The van der Waals surface area contributed by atoms with E-state index in [4.69, 9.17) is 31.4 Å². The Kier molecular flexibility index (Phi) is 13.1. The molecule has 0 spiro atoms. The van der Waals surface area contributed by atoms with E-state index in [0.29, 0.717) is 58.4 Å². The number of methoxy groups -OCH3 is 1. The lowest BCUT2D eigenvalue weighted by molar-refractivity contribution is 0.0635. The highest BCUT2D eigenvalue weighted by atomic mass is 16.6. The molecule has 3 heterocycles. The number of anilines is 4. The van der Waals surface area contributed by atoms with Crippen molar-refractivity contribution in [1.82, 2.24) is 29.1 Å². The molecule has 62 heavy (non-hydrogen) atoms. The van der Waals surface area contributed by atoms with Crippen molar-refractivity contribution in [2.75, 3.05) is 41.9 Å². The summed E-state index contributed by atoms with van der Waals surface area (Å²) in [7, 11) is 1.47. The first-order chi connectivity index (χ1) is 29.5. The number of benzene rings is 3. The number of ether oxygens (including phenoxy) is 3. The summed E-state index contributed by atoms with van der Waals surface area (Å²) in [4.78, 5) is 54.6. The van der Waals surface area contributed by atoms with E-state index < -0.39 is 29.4 Å². The second-order valence-corrected chi connectivity index (χ2v) is 15.1. The number of allylic oxidation sites excluding steroid dienone is 2. The topological polar surface area (TPSA) is 264 Å². The van der Waals surface area contributed by atoms with Crippen LogP contribution >= 0.6 is 0 Å². The number of aryl methyl sites for hydroxylation is 2. The van der Waals surface area contributed by atoms with Crippen LogP contribution in [-0.4, -0.2) is 78.8 Å². The first kappa shape index (κ1) is 43.7. The lowest BCUT2D eigenvalue weighted by Gasteiger charge is -2.19. The van der Waals surface area contributed by atoms with Gasteiger partial charge in [-0.3, -0.25) is 34.4 Å². The Labute approximate surface area is 356 Å². The Morgan fingerprint density at radius 1 is 0.871 bits per heavy atom. The zero-order valence-corrected chi connectivity index (χ0v) is 35.3. The Hall–Kier alpha value is -7.83.